The van der Waals surface area contributed by atoms with Gasteiger partial charge in [-0.2, -0.15) is 0 Å². The Bertz CT molecular complexity index is 134. The Labute approximate surface area is 90.8 Å². The molecule has 0 heterocycles. The van der Waals surface area contributed by atoms with Gasteiger partial charge >= 0.3 is 0 Å². The second kappa shape index (κ2) is 4.66. The molecular formula is C7H8Eu. The number of benzene rings is 1. The molecule has 0 aromatic heterocycles. The summed E-state index contributed by atoms with van der Waals surface area (Å²) in [4.78, 5) is 0. The summed E-state index contributed by atoms with van der Waals surface area (Å²) in [7, 11) is 0. The van der Waals surface area contributed by atoms with Crippen LogP contribution in [-0.2, 0) is 0 Å². The number of hydrogen-bond acceptors (Lipinski definition) is 0. The van der Waals surface area contributed by atoms with E-state index in [0.29, 0.717) is 0 Å². The summed E-state index contributed by atoms with van der Waals surface area (Å²) < 4.78 is 0. The molecule has 0 aliphatic heterocycles. The fourth-order valence-electron chi connectivity index (χ4n) is 0.534. The van der Waals surface area contributed by atoms with E-state index in [-0.39, 0.29) is 49.4 Å². The van der Waals surface area contributed by atoms with Gasteiger partial charge in [0.25, 0.3) is 0 Å². The largest absolute Gasteiger partial charge is 0.0622 e. The molecule has 8 heavy (non-hydrogen) atoms. The Kier molecular flexibility index (Phi) is 5.13. The van der Waals surface area contributed by atoms with Crippen LogP contribution in [0.5, 0.6) is 0 Å². The van der Waals surface area contributed by atoms with E-state index in [1.54, 1.807) is 0 Å². The number of aryl methyl sites for hydroxylation is 1. The van der Waals surface area contributed by atoms with E-state index in [2.05, 4.69) is 19.1 Å². The number of rotatable bonds is 0. The first-order valence-electron chi connectivity index (χ1n) is 2.41. The molecule has 0 N–H and O–H groups in total. The molecular weight excluding hydrogens is 236 g/mol. The van der Waals surface area contributed by atoms with Gasteiger partial charge in [-0.25, -0.2) is 0 Å². The van der Waals surface area contributed by atoms with Gasteiger partial charge in [0.2, 0.25) is 0 Å². The van der Waals surface area contributed by atoms with Crippen molar-refractivity contribution in [1.29, 1.82) is 0 Å². The van der Waals surface area contributed by atoms with Gasteiger partial charge in [0, 0.05) is 49.4 Å². The third kappa shape index (κ3) is 2.96. The smallest absolute Gasteiger partial charge is 0 e. The third-order valence-electron chi connectivity index (χ3n) is 0.940. The zero-order chi connectivity index (χ0) is 5.11. The minimum absolute atomic E-state index is 0. The zero-order valence-electron chi connectivity index (χ0n) is 4.76. The van der Waals surface area contributed by atoms with E-state index in [1.165, 1.54) is 5.56 Å². The molecule has 0 aliphatic rings. The third-order valence-corrected chi connectivity index (χ3v) is 0.940. The van der Waals surface area contributed by atoms with Crippen molar-refractivity contribution in [3.05, 3.63) is 35.9 Å². The number of hydrogen-bond donors (Lipinski definition) is 0. The molecule has 0 saturated carbocycles. The molecule has 0 spiro atoms. The van der Waals surface area contributed by atoms with Crippen molar-refractivity contribution < 1.29 is 49.4 Å². The SMILES string of the molecule is Cc1ccccc1.[Eu]. The van der Waals surface area contributed by atoms with Gasteiger partial charge < -0.3 is 0 Å². The van der Waals surface area contributed by atoms with E-state index in [1.807, 2.05) is 18.2 Å². The summed E-state index contributed by atoms with van der Waals surface area (Å²) in [6, 6.07) is 10.3. The van der Waals surface area contributed by atoms with Gasteiger partial charge in [0.05, 0.1) is 0 Å². The van der Waals surface area contributed by atoms with Crippen LogP contribution in [0.2, 0.25) is 0 Å². The van der Waals surface area contributed by atoms with Gasteiger partial charge in [-0.15, -0.1) is 0 Å². The Hall–Kier alpha value is 0.804. The maximum Gasteiger partial charge on any atom is 0 e. The molecule has 1 aromatic rings. The molecule has 43 valence electrons. The van der Waals surface area contributed by atoms with Crippen molar-refractivity contribution in [1.82, 2.24) is 0 Å². The Morgan fingerprint density at radius 2 is 1.50 bits per heavy atom. The summed E-state index contributed by atoms with van der Waals surface area (Å²) in [6.45, 7) is 2.08. The van der Waals surface area contributed by atoms with E-state index in [4.69, 9.17) is 0 Å². The summed E-state index contributed by atoms with van der Waals surface area (Å²) in [5.74, 6) is 0. The van der Waals surface area contributed by atoms with E-state index >= 15 is 0 Å². The van der Waals surface area contributed by atoms with Crippen LogP contribution in [-0.4, -0.2) is 0 Å². The van der Waals surface area contributed by atoms with Gasteiger partial charge in [-0.05, 0) is 6.92 Å². The van der Waals surface area contributed by atoms with Crippen molar-refractivity contribution in [2.75, 3.05) is 0 Å². The van der Waals surface area contributed by atoms with Gasteiger partial charge in [0.1, 0.15) is 0 Å². The predicted molar refractivity (Wildman–Crippen MR) is 31.2 cm³/mol. The van der Waals surface area contributed by atoms with Crippen LogP contribution in [0.1, 0.15) is 5.56 Å². The normalized spacial score (nSPS) is 7.62. The molecule has 0 nitrogen and oxygen atoms in total. The quantitative estimate of drug-likeness (QED) is 0.654. The second-order valence-electron chi connectivity index (χ2n) is 1.65. The van der Waals surface area contributed by atoms with E-state index in [9.17, 15) is 0 Å². The van der Waals surface area contributed by atoms with Crippen LogP contribution in [0, 0.1) is 56.3 Å². The molecule has 0 saturated heterocycles. The molecule has 0 amide bonds. The van der Waals surface area contributed by atoms with Crippen LogP contribution >= 0.6 is 0 Å². The molecule has 1 rings (SSSR count). The first kappa shape index (κ1) is 8.80. The molecule has 0 atom stereocenters. The topological polar surface area (TPSA) is 0 Å². The summed E-state index contributed by atoms with van der Waals surface area (Å²) in [6.07, 6.45) is 0. The molecule has 1 aromatic carbocycles. The van der Waals surface area contributed by atoms with Gasteiger partial charge in [-0.3, -0.25) is 0 Å². The van der Waals surface area contributed by atoms with Crippen molar-refractivity contribution in [3.63, 3.8) is 0 Å². The average Bonchev–Trinajstić information content (AvgIpc) is 1.69. The molecule has 1 heteroatoms. The fraction of sp³-hybridized carbons (Fsp3) is 0.143. The average molecular weight is 244 g/mol. The van der Waals surface area contributed by atoms with Crippen LogP contribution in [0.4, 0.5) is 0 Å². The maximum atomic E-state index is 2.08. The van der Waals surface area contributed by atoms with E-state index < -0.39 is 0 Å². The van der Waals surface area contributed by atoms with Crippen LogP contribution in [0.25, 0.3) is 0 Å². The monoisotopic (exact) mass is 245 g/mol. The molecule has 0 aliphatic carbocycles. The summed E-state index contributed by atoms with van der Waals surface area (Å²) >= 11 is 0. The minimum atomic E-state index is 0. The first-order valence-corrected chi connectivity index (χ1v) is 2.41. The molecule has 1 radical (unpaired) electrons. The summed E-state index contributed by atoms with van der Waals surface area (Å²) in [5, 5.41) is 0. The Balaban J connectivity index is 0.000000490. The molecule has 0 unspecified atom stereocenters. The van der Waals surface area contributed by atoms with Gasteiger partial charge in [-0.1, -0.05) is 35.9 Å². The van der Waals surface area contributed by atoms with E-state index in [0.717, 1.165) is 0 Å². The Morgan fingerprint density at radius 1 is 1.00 bits per heavy atom. The van der Waals surface area contributed by atoms with Crippen molar-refractivity contribution in [2.45, 2.75) is 6.92 Å². The molecule has 0 fully saturated rings. The van der Waals surface area contributed by atoms with Gasteiger partial charge in [0.15, 0.2) is 0 Å². The van der Waals surface area contributed by atoms with Crippen molar-refractivity contribution in [2.24, 2.45) is 0 Å². The zero-order valence-corrected chi connectivity index (χ0v) is 7.19. The predicted octanol–water partition coefficient (Wildman–Crippen LogP) is 2.00. The van der Waals surface area contributed by atoms with Crippen LogP contribution in [0.3, 0.4) is 0 Å². The molecule has 0 bridgehead atoms. The Morgan fingerprint density at radius 3 is 1.75 bits per heavy atom. The van der Waals surface area contributed by atoms with Crippen molar-refractivity contribution in [3.8, 4) is 0 Å². The van der Waals surface area contributed by atoms with Crippen molar-refractivity contribution >= 4 is 0 Å². The summed E-state index contributed by atoms with van der Waals surface area (Å²) in [5.41, 5.74) is 1.32. The first-order chi connectivity index (χ1) is 3.39. The minimum Gasteiger partial charge on any atom is -0.0622 e. The standard InChI is InChI=1S/C7H8.Eu/c1-7-5-3-2-4-6-7;/h2-6H,1H3;. The van der Waals surface area contributed by atoms with Crippen LogP contribution in [0.15, 0.2) is 30.3 Å². The fourth-order valence-corrected chi connectivity index (χ4v) is 0.534. The second-order valence-corrected chi connectivity index (χ2v) is 1.65. The maximum absolute atomic E-state index is 2.08. The van der Waals surface area contributed by atoms with Crippen LogP contribution < -0.4 is 0 Å².